The van der Waals surface area contributed by atoms with Crippen LogP contribution < -0.4 is 20.8 Å². The second-order valence-electron chi connectivity index (χ2n) is 7.28. The van der Waals surface area contributed by atoms with Crippen LogP contribution in [0.1, 0.15) is 17.0 Å². The standard InChI is InChI=1S/C25H17N3O4/c1-30-17-8-9-20-18(11-17)23-22(25(29)31-20)21(19(12-26)24(27)32-23)15-6-4-14(5-7-15)16-3-2-10-28-13-16/h2-11,13,21H,27H2,1H3. The lowest BCUT2D eigenvalue weighted by Crippen LogP contribution is -2.26. The van der Waals surface area contributed by atoms with E-state index in [-0.39, 0.29) is 22.8 Å². The van der Waals surface area contributed by atoms with Crippen LogP contribution in [-0.4, -0.2) is 12.1 Å². The summed E-state index contributed by atoms with van der Waals surface area (Å²) < 4.78 is 16.6. The van der Waals surface area contributed by atoms with Crippen molar-refractivity contribution < 1.29 is 13.9 Å². The third-order valence-electron chi connectivity index (χ3n) is 5.51. The van der Waals surface area contributed by atoms with Gasteiger partial charge in [-0.3, -0.25) is 4.98 Å². The number of hydrogen-bond acceptors (Lipinski definition) is 7. The summed E-state index contributed by atoms with van der Waals surface area (Å²) >= 11 is 0. The Balaban J connectivity index is 1.71. The molecule has 156 valence electrons. The summed E-state index contributed by atoms with van der Waals surface area (Å²) in [4.78, 5) is 17.2. The number of nitriles is 1. The minimum Gasteiger partial charge on any atom is -0.497 e. The number of aromatic nitrogens is 1. The fourth-order valence-corrected chi connectivity index (χ4v) is 3.96. The Hall–Kier alpha value is -4.57. The number of fused-ring (bicyclic) bond motifs is 3. The van der Waals surface area contributed by atoms with Crippen molar-refractivity contribution in [2.24, 2.45) is 5.73 Å². The first-order valence-electron chi connectivity index (χ1n) is 9.83. The topological polar surface area (TPSA) is 111 Å². The van der Waals surface area contributed by atoms with Crippen LogP contribution in [0.25, 0.3) is 22.1 Å². The van der Waals surface area contributed by atoms with E-state index in [0.29, 0.717) is 16.7 Å². The molecule has 1 aliphatic rings. The maximum Gasteiger partial charge on any atom is 0.344 e. The van der Waals surface area contributed by atoms with E-state index in [4.69, 9.17) is 19.6 Å². The molecule has 0 saturated carbocycles. The van der Waals surface area contributed by atoms with Crippen molar-refractivity contribution in [3.63, 3.8) is 0 Å². The van der Waals surface area contributed by atoms with Gasteiger partial charge in [0.25, 0.3) is 0 Å². The van der Waals surface area contributed by atoms with Gasteiger partial charge in [0, 0.05) is 12.4 Å². The van der Waals surface area contributed by atoms with E-state index in [1.165, 1.54) is 0 Å². The molecule has 0 fully saturated rings. The SMILES string of the molecule is COc1ccc2oc(=O)c3c(c2c1)OC(N)=C(C#N)C3c1ccc(-c2cccnc2)cc1. The van der Waals surface area contributed by atoms with Gasteiger partial charge in [0.05, 0.1) is 24.0 Å². The molecule has 0 saturated heterocycles. The Kier molecular flexibility index (Phi) is 4.61. The molecule has 2 aromatic carbocycles. The summed E-state index contributed by atoms with van der Waals surface area (Å²) in [6.45, 7) is 0. The third kappa shape index (κ3) is 3.06. The lowest BCUT2D eigenvalue weighted by atomic mass is 9.83. The normalized spacial score (nSPS) is 15.1. The molecule has 7 nitrogen and oxygen atoms in total. The van der Waals surface area contributed by atoms with Crippen LogP contribution in [0.2, 0.25) is 0 Å². The molecule has 1 atom stereocenters. The van der Waals surface area contributed by atoms with Crippen LogP contribution in [-0.2, 0) is 0 Å². The zero-order valence-electron chi connectivity index (χ0n) is 17.0. The number of benzene rings is 2. The van der Waals surface area contributed by atoms with Crippen molar-refractivity contribution in [2.75, 3.05) is 7.11 Å². The van der Waals surface area contributed by atoms with Gasteiger partial charge < -0.3 is 19.6 Å². The third-order valence-corrected chi connectivity index (χ3v) is 5.51. The Labute approximate surface area is 183 Å². The van der Waals surface area contributed by atoms with Crippen molar-refractivity contribution in [2.45, 2.75) is 5.92 Å². The van der Waals surface area contributed by atoms with Gasteiger partial charge >= 0.3 is 5.63 Å². The predicted molar refractivity (Wildman–Crippen MR) is 118 cm³/mol. The minimum absolute atomic E-state index is 0.0453. The number of allylic oxidation sites excluding steroid dienone is 1. The van der Waals surface area contributed by atoms with E-state index >= 15 is 0 Å². The second kappa shape index (κ2) is 7.60. The predicted octanol–water partition coefficient (Wildman–Crippen LogP) is 4.08. The molecule has 1 aliphatic heterocycles. The lowest BCUT2D eigenvalue weighted by molar-refractivity contribution is 0.386. The van der Waals surface area contributed by atoms with Crippen molar-refractivity contribution in [1.29, 1.82) is 5.26 Å². The molecule has 0 spiro atoms. The summed E-state index contributed by atoms with van der Waals surface area (Å²) in [6.07, 6.45) is 3.48. The molecule has 1 unspecified atom stereocenters. The summed E-state index contributed by atoms with van der Waals surface area (Å²) in [5, 5.41) is 10.3. The van der Waals surface area contributed by atoms with Gasteiger partial charge in [0.2, 0.25) is 5.88 Å². The highest BCUT2D eigenvalue weighted by atomic mass is 16.5. The molecule has 4 aromatic rings. The number of nitrogens with zero attached hydrogens (tertiary/aromatic N) is 2. The fourth-order valence-electron chi connectivity index (χ4n) is 3.96. The molecular formula is C25H17N3O4. The molecule has 5 rings (SSSR count). The largest absolute Gasteiger partial charge is 0.497 e. The van der Waals surface area contributed by atoms with E-state index in [1.807, 2.05) is 36.4 Å². The number of hydrogen-bond donors (Lipinski definition) is 1. The van der Waals surface area contributed by atoms with Crippen molar-refractivity contribution in [3.05, 3.63) is 100.0 Å². The van der Waals surface area contributed by atoms with E-state index in [9.17, 15) is 10.1 Å². The van der Waals surface area contributed by atoms with E-state index in [0.717, 1.165) is 16.7 Å². The highest BCUT2D eigenvalue weighted by molar-refractivity contribution is 5.87. The van der Waals surface area contributed by atoms with Crippen LogP contribution in [0.15, 0.2) is 87.7 Å². The molecule has 0 amide bonds. The average molecular weight is 423 g/mol. The maximum atomic E-state index is 13.0. The summed E-state index contributed by atoms with van der Waals surface area (Å²) in [5.41, 5.74) is 8.90. The van der Waals surface area contributed by atoms with Crippen LogP contribution in [0.3, 0.4) is 0 Å². The van der Waals surface area contributed by atoms with Gasteiger partial charge in [-0.1, -0.05) is 30.3 Å². The molecule has 2 aromatic heterocycles. The molecule has 32 heavy (non-hydrogen) atoms. The molecule has 2 N–H and O–H groups in total. The second-order valence-corrected chi connectivity index (χ2v) is 7.28. The quantitative estimate of drug-likeness (QED) is 0.494. The van der Waals surface area contributed by atoms with Gasteiger partial charge in [0.1, 0.15) is 23.0 Å². The van der Waals surface area contributed by atoms with Gasteiger partial charge in [-0.2, -0.15) is 5.26 Å². The molecule has 3 heterocycles. The van der Waals surface area contributed by atoms with Crippen LogP contribution >= 0.6 is 0 Å². The Morgan fingerprint density at radius 1 is 1.12 bits per heavy atom. The molecule has 0 radical (unpaired) electrons. The summed E-state index contributed by atoms with van der Waals surface area (Å²) in [6, 6.07) is 18.5. The first-order valence-corrected chi connectivity index (χ1v) is 9.83. The Morgan fingerprint density at radius 2 is 1.94 bits per heavy atom. The fraction of sp³-hybridized carbons (Fsp3) is 0.0800. The summed E-state index contributed by atoms with van der Waals surface area (Å²) in [7, 11) is 1.54. The first-order chi connectivity index (χ1) is 15.6. The van der Waals surface area contributed by atoms with E-state index in [1.54, 1.807) is 37.7 Å². The highest BCUT2D eigenvalue weighted by Gasteiger charge is 2.35. The van der Waals surface area contributed by atoms with Gasteiger partial charge in [-0.25, -0.2) is 4.79 Å². The maximum absolute atomic E-state index is 13.0. The highest BCUT2D eigenvalue weighted by Crippen LogP contribution is 2.44. The monoisotopic (exact) mass is 423 g/mol. The van der Waals surface area contributed by atoms with Gasteiger partial charge in [0.15, 0.2) is 5.75 Å². The molecule has 0 aliphatic carbocycles. The average Bonchev–Trinajstić information content (AvgIpc) is 2.84. The smallest absolute Gasteiger partial charge is 0.344 e. The van der Waals surface area contributed by atoms with Crippen molar-refractivity contribution in [1.82, 2.24) is 4.98 Å². The van der Waals surface area contributed by atoms with Crippen LogP contribution in [0, 0.1) is 11.3 Å². The van der Waals surface area contributed by atoms with Crippen molar-refractivity contribution >= 4 is 11.0 Å². The summed E-state index contributed by atoms with van der Waals surface area (Å²) in [5.74, 6) is 0.0748. The zero-order valence-corrected chi connectivity index (χ0v) is 17.0. The van der Waals surface area contributed by atoms with E-state index < -0.39 is 11.5 Å². The molecule has 0 bridgehead atoms. The van der Waals surface area contributed by atoms with Gasteiger partial charge in [-0.05, 0) is 41.0 Å². The van der Waals surface area contributed by atoms with Gasteiger partial charge in [-0.15, -0.1) is 0 Å². The van der Waals surface area contributed by atoms with Crippen LogP contribution in [0.4, 0.5) is 0 Å². The number of ether oxygens (including phenoxy) is 2. The number of nitrogens with two attached hydrogens (primary N) is 1. The first kappa shape index (κ1) is 19.4. The Morgan fingerprint density at radius 3 is 2.62 bits per heavy atom. The van der Waals surface area contributed by atoms with E-state index in [2.05, 4.69) is 11.1 Å². The van der Waals surface area contributed by atoms with Crippen LogP contribution in [0.5, 0.6) is 11.5 Å². The molecular weight excluding hydrogens is 406 g/mol. The zero-order chi connectivity index (χ0) is 22.2. The number of pyridine rings is 1. The van der Waals surface area contributed by atoms with Crippen molar-refractivity contribution in [3.8, 4) is 28.7 Å². The lowest BCUT2D eigenvalue weighted by Gasteiger charge is -2.26. The Bertz CT molecular complexity index is 1470. The number of rotatable bonds is 3. The number of methoxy groups -OCH3 is 1. The molecule has 7 heteroatoms. The minimum atomic E-state index is -0.724.